The van der Waals surface area contributed by atoms with Crippen LogP contribution in [0.2, 0.25) is 0 Å². The third-order valence-corrected chi connectivity index (χ3v) is 4.56. The van der Waals surface area contributed by atoms with E-state index in [1.165, 1.54) is 23.9 Å². The number of rotatable bonds is 1. The highest BCUT2D eigenvalue weighted by molar-refractivity contribution is 7.98. The summed E-state index contributed by atoms with van der Waals surface area (Å²) in [7, 11) is 0. The van der Waals surface area contributed by atoms with E-state index in [0.29, 0.717) is 34.5 Å². The average Bonchev–Trinajstić information content (AvgIpc) is 2.83. The van der Waals surface area contributed by atoms with Gasteiger partial charge < -0.3 is 9.52 Å². The van der Waals surface area contributed by atoms with Gasteiger partial charge in [-0.05, 0) is 50.1 Å². The van der Waals surface area contributed by atoms with Crippen molar-refractivity contribution in [3.63, 3.8) is 0 Å². The second-order valence-corrected chi connectivity index (χ2v) is 6.23. The maximum absolute atomic E-state index is 13.5. The van der Waals surface area contributed by atoms with E-state index in [-0.39, 0.29) is 5.82 Å². The normalized spacial score (nSPS) is 17.5. The van der Waals surface area contributed by atoms with Crippen LogP contribution in [0.3, 0.4) is 0 Å². The number of fused-ring (bicyclic) bond motifs is 1. The van der Waals surface area contributed by atoms with Gasteiger partial charge in [0.15, 0.2) is 5.09 Å². The summed E-state index contributed by atoms with van der Waals surface area (Å²) in [6, 6.07) is 4.43. The van der Waals surface area contributed by atoms with Gasteiger partial charge in [0, 0.05) is 5.39 Å². The van der Waals surface area contributed by atoms with Gasteiger partial charge in [0.1, 0.15) is 17.0 Å². The molecule has 1 fully saturated rings. The van der Waals surface area contributed by atoms with Crippen molar-refractivity contribution < 1.29 is 13.9 Å². The van der Waals surface area contributed by atoms with Crippen molar-refractivity contribution >= 4 is 22.7 Å². The zero-order chi connectivity index (χ0) is 14.9. The molecule has 0 saturated heterocycles. The van der Waals surface area contributed by atoms with Crippen molar-refractivity contribution in [1.29, 1.82) is 0 Å². The van der Waals surface area contributed by atoms with Crippen LogP contribution in [-0.4, -0.2) is 17.0 Å². The van der Waals surface area contributed by atoms with Crippen LogP contribution < -0.4 is 0 Å². The van der Waals surface area contributed by atoms with Crippen LogP contribution in [-0.2, 0) is 0 Å². The first kappa shape index (κ1) is 14.5. The minimum Gasteiger partial charge on any atom is -0.449 e. The number of thioether (sulfide) groups is 1. The number of benzene rings is 1. The molecule has 1 aromatic heterocycles. The predicted octanol–water partition coefficient (Wildman–Crippen LogP) is 4.34. The summed E-state index contributed by atoms with van der Waals surface area (Å²) in [5.74, 6) is 5.73. The Morgan fingerprint density at radius 2 is 2.05 bits per heavy atom. The zero-order valence-electron chi connectivity index (χ0n) is 11.9. The molecule has 0 bridgehead atoms. The first-order valence-electron chi connectivity index (χ1n) is 7.13. The molecule has 1 heterocycles. The minimum absolute atomic E-state index is 0.310. The Kier molecular flexibility index (Phi) is 3.97. The molecule has 110 valence electrons. The lowest BCUT2D eigenvalue weighted by Gasteiger charge is -2.26. The molecule has 2 nitrogen and oxygen atoms in total. The molecule has 2 aromatic rings. The Morgan fingerprint density at radius 1 is 1.29 bits per heavy atom. The molecule has 1 saturated carbocycles. The molecule has 3 rings (SSSR count). The van der Waals surface area contributed by atoms with Crippen molar-refractivity contribution in [3.8, 4) is 11.8 Å². The van der Waals surface area contributed by atoms with Gasteiger partial charge in [-0.3, -0.25) is 0 Å². The maximum atomic E-state index is 13.5. The number of aliphatic hydroxyl groups is 1. The fourth-order valence-corrected chi connectivity index (χ4v) is 3.29. The summed E-state index contributed by atoms with van der Waals surface area (Å²) in [5.41, 5.74) is 0.391. The molecule has 1 aliphatic rings. The molecule has 4 heteroatoms. The van der Waals surface area contributed by atoms with E-state index in [1.54, 1.807) is 6.07 Å². The SMILES string of the molecule is CSc1oc2ccc(F)cc2c1C#CC1(O)CCCCC1. The molecule has 1 N–H and O–H groups in total. The largest absolute Gasteiger partial charge is 0.449 e. The molecule has 0 unspecified atom stereocenters. The average molecular weight is 304 g/mol. The zero-order valence-corrected chi connectivity index (χ0v) is 12.7. The summed E-state index contributed by atoms with van der Waals surface area (Å²) >= 11 is 1.44. The highest BCUT2D eigenvalue weighted by Gasteiger charge is 2.26. The topological polar surface area (TPSA) is 33.4 Å². The molecule has 1 aromatic carbocycles. The fraction of sp³-hybridized carbons (Fsp3) is 0.412. The van der Waals surface area contributed by atoms with Gasteiger partial charge in [-0.1, -0.05) is 30.0 Å². The summed E-state index contributed by atoms with van der Waals surface area (Å²) < 4.78 is 19.1. The third kappa shape index (κ3) is 2.95. The molecule has 1 aliphatic carbocycles. The molecule has 21 heavy (non-hydrogen) atoms. The summed E-state index contributed by atoms with van der Waals surface area (Å²) in [4.78, 5) is 0. The molecular formula is C17H17FO2S. The highest BCUT2D eigenvalue weighted by atomic mass is 32.2. The fourth-order valence-electron chi connectivity index (χ4n) is 2.75. The Morgan fingerprint density at radius 3 is 2.76 bits per heavy atom. The van der Waals surface area contributed by atoms with Gasteiger partial charge >= 0.3 is 0 Å². The van der Waals surface area contributed by atoms with E-state index in [1.807, 2.05) is 6.26 Å². The van der Waals surface area contributed by atoms with E-state index in [2.05, 4.69) is 11.8 Å². The Balaban J connectivity index is 2.05. The highest BCUT2D eigenvalue weighted by Crippen LogP contribution is 2.33. The Labute approximate surface area is 127 Å². The van der Waals surface area contributed by atoms with E-state index in [4.69, 9.17) is 4.42 Å². The van der Waals surface area contributed by atoms with Crippen LogP contribution in [0, 0.1) is 17.7 Å². The van der Waals surface area contributed by atoms with Gasteiger partial charge in [0.05, 0.1) is 5.56 Å². The smallest absolute Gasteiger partial charge is 0.176 e. The number of halogens is 1. The van der Waals surface area contributed by atoms with Crippen molar-refractivity contribution in [2.24, 2.45) is 0 Å². The summed E-state index contributed by atoms with van der Waals surface area (Å²) in [6.07, 6.45) is 6.47. The number of hydrogen-bond donors (Lipinski definition) is 1. The lowest BCUT2D eigenvalue weighted by atomic mass is 9.85. The molecule has 0 atom stereocenters. The van der Waals surface area contributed by atoms with Crippen LogP contribution in [0.1, 0.15) is 37.7 Å². The first-order chi connectivity index (χ1) is 10.1. The van der Waals surface area contributed by atoms with Crippen molar-refractivity contribution in [3.05, 3.63) is 29.6 Å². The van der Waals surface area contributed by atoms with Crippen LogP contribution in [0.5, 0.6) is 0 Å². The third-order valence-electron chi connectivity index (χ3n) is 3.90. The molecule has 0 spiro atoms. The quantitative estimate of drug-likeness (QED) is 0.628. The number of furan rings is 1. The molecule has 0 amide bonds. The van der Waals surface area contributed by atoms with Crippen LogP contribution in [0.25, 0.3) is 11.0 Å². The Hall–Kier alpha value is -1.44. The predicted molar refractivity (Wildman–Crippen MR) is 82.9 cm³/mol. The molecule has 0 aliphatic heterocycles. The van der Waals surface area contributed by atoms with Gasteiger partial charge in [-0.25, -0.2) is 4.39 Å². The summed E-state index contributed by atoms with van der Waals surface area (Å²) in [5, 5.41) is 11.8. The van der Waals surface area contributed by atoms with Crippen molar-refractivity contribution in [2.75, 3.05) is 6.26 Å². The summed E-state index contributed by atoms with van der Waals surface area (Å²) in [6.45, 7) is 0. The van der Waals surface area contributed by atoms with Crippen molar-refractivity contribution in [2.45, 2.75) is 42.8 Å². The standard InChI is InChI=1S/C17H17FO2S/c1-21-16-13(7-10-17(19)8-3-2-4-9-17)14-11-12(18)5-6-15(14)20-16/h5-6,11,19H,2-4,8-9H2,1H3. The molecule has 0 radical (unpaired) electrons. The maximum Gasteiger partial charge on any atom is 0.176 e. The van der Waals surface area contributed by atoms with E-state index in [0.717, 1.165) is 19.3 Å². The van der Waals surface area contributed by atoms with Gasteiger partial charge in [-0.15, -0.1) is 0 Å². The minimum atomic E-state index is -0.912. The van der Waals surface area contributed by atoms with Gasteiger partial charge in [0.25, 0.3) is 0 Å². The van der Waals surface area contributed by atoms with Crippen LogP contribution in [0.4, 0.5) is 4.39 Å². The first-order valence-corrected chi connectivity index (χ1v) is 8.35. The van der Waals surface area contributed by atoms with Gasteiger partial charge in [-0.2, -0.15) is 0 Å². The second-order valence-electron chi connectivity index (χ2n) is 5.45. The van der Waals surface area contributed by atoms with E-state index in [9.17, 15) is 9.50 Å². The van der Waals surface area contributed by atoms with E-state index >= 15 is 0 Å². The lowest BCUT2D eigenvalue weighted by Crippen LogP contribution is -2.29. The van der Waals surface area contributed by atoms with Gasteiger partial charge in [0.2, 0.25) is 0 Å². The van der Waals surface area contributed by atoms with Crippen LogP contribution in [0.15, 0.2) is 27.7 Å². The van der Waals surface area contributed by atoms with Crippen molar-refractivity contribution in [1.82, 2.24) is 0 Å². The van der Waals surface area contributed by atoms with E-state index < -0.39 is 5.60 Å². The Bertz CT molecular complexity index is 717. The monoisotopic (exact) mass is 304 g/mol. The molecular weight excluding hydrogens is 287 g/mol. The lowest BCUT2D eigenvalue weighted by molar-refractivity contribution is 0.0610. The second kappa shape index (κ2) is 5.75. The number of hydrogen-bond acceptors (Lipinski definition) is 3. The van der Waals surface area contributed by atoms with Crippen LogP contribution >= 0.6 is 11.8 Å².